The Morgan fingerprint density at radius 2 is 0.651 bits per heavy atom. The molecule has 0 saturated carbocycles. The van der Waals surface area contributed by atoms with Crippen LogP contribution in [0.4, 0.5) is 0 Å². The first kappa shape index (κ1) is 79.7. The zero-order valence-electron chi connectivity index (χ0n) is 55.1. The Bertz CT molecular complexity index is 1590. The van der Waals surface area contributed by atoms with Crippen LogP contribution in [0.25, 0.3) is 0 Å². The second-order valence-electron chi connectivity index (χ2n) is 24.8. The molecular weight excluding hydrogens is 1030 g/mol. The van der Waals surface area contributed by atoms with Crippen molar-refractivity contribution < 1.29 is 42.9 Å². The molecule has 0 aromatic rings. The predicted molar refractivity (Wildman–Crippen MR) is 352 cm³/mol. The molecule has 0 rings (SSSR count). The molecule has 0 aliphatic rings. The fourth-order valence-electron chi connectivity index (χ4n) is 10.0. The van der Waals surface area contributed by atoms with Crippen molar-refractivity contribution in [3.05, 3.63) is 72.9 Å². The van der Waals surface area contributed by atoms with Crippen LogP contribution in [0.5, 0.6) is 0 Å². The van der Waals surface area contributed by atoms with E-state index in [1.165, 1.54) is 218 Å². The van der Waals surface area contributed by atoms with E-state index in [0.29, 0.717) is 17.4 Å². The molecule has 0 bridgehead atoms. The molecule has 0 aromatic heterocycles. The first-order valence-corrected chi connectivity index (χ1v) is 35.1. The second-order valence-corrected chi connectivity index (χ2v) is 24.8. The van der Waals surface area contributed by atoms with Gasteiger partial charge >= 0.3 is 11.9 Å². The number of allylic oxidation sites excluding steroid dienone is 12. The van der Waals surface area contributed by atoms with Gasteiger partial charge in [0.15, 0.2) is 12.4 Å². The molecule has 9 nitrogen and oxygen atoms in total. The number of nitrogens with zero attached hydrogens (tertiary/aromatic N) is 1. The molecular formula is C74H133NO8. The summed E-state index contributed by atoms with van der Waals surface area (Å²) < 4.78 is 22.8. The van der Waals surface area contributed by atoms with Gasteiger partial charge in [0.25, 0.3) is 0 Å². The average Bonchev–Trinajstić information content (AvgIpc) is 3.46. The van der Waals surface area contributed by atoms with Crippen molar-refractivity contribution in [1.29, 1.82) is 0 Å². The molecule has 0 saturated heterocycles. The fraction of sp³-hybridized carbons (Fsp3) is 0.797. The van der Waals surface area contributed by atoms with Crippen molar-refractivity contribution in [2.75, 3.05) is 47.5 Å². The Morgan fingerprint density at radius 3 is 0.988 bits per heavy atom. The summed E-state index contributed by atoms with van der Waals surface area (Å²) in [7, 11) is 5.93. The average molecular weight is 1160 g/mol. The summed E-state index contributed by atoms with van der Waals surface area (Å²) in [5.74, 6) is -2.29. The van der Waals surface area contributed by atoms with E-state index in [0.717, 1.165) is 70.6 Å². The van der Waals surface area contributed by atoms with Gasteiger partial charge in [0.05, 0.1) is 40.3 Å². The van der Waals surface area contributed by atoms with Crippen molar-refractivity contribution in [2.45, 2.75) is 334 Å². The Labute approximate surface area is 513 Å². The summed E-state index contributed by atoms with van der Waals surface area (Å²) in [6.45, 7) is 4.73. The SMILES string of the molecule is CCCCC/C=C\C/C=C\C/C=C\CCCCCCCCC(=O)OCC(COC(OCC[N+](C)(C)C)C(=O)[O-])OC(=O)CCCCCCCCCCCCCCCCCCCCCCCCCC/C=C\C/C=C\C/C=C\CCCCCCC. The van der Waals surface area contributed by atoms with E-state index in [4.69, 9.17) is 18.9 Å². The molecule has 0 N–H and O–H groups in total. The van der Waals surface area contributed by atoms with Gasteiger partial charge < -0.3 is 33.3 Å². The summed E-state index contributed by atoms with van der Waals surface area (Å²) in [5.41, 5.74) is 0. The first-order valence-electron chi connectivity index (χ1n) is 35.1. The Kier molecular flexibility index (Phi) is 62.2. The van der Waals surface area contributed by atoms with Gasteiger partial charge in [0, 0.05) is 12.8 Å². The van der Waals surface area contributed by atoms with Crippen molar-refractivity contribution >= 4 is 17.9 Å². The highest BCUT2D eigenvalue weighted by Gasteiger charge is 2.22. The van der Waals surface area contributed by atoms with Crippen molar-refractivity contribution in [2.24, 2.45) is 0 Å². The molecule has 0 radical (unpaired) electrons. The minimum atomic E-state index is -1.63. The fourth-order valence-corrected chi connectivity index (χ4v) is 10.0. The van der Waals surface area contributed by atoms with Crippen molar-refractivity contribution in [3.8, 4) is 0 Å². The molecule has 0 aromatic carbocycles. The van der Waals surface area contributed by atoms with E-state index >= 15 is 0 Å². The lowest BCUT2D eigenvalue weighted by Gasteiger charge is -2.26. The maximum Gasteiger partial charge on any atom is 0.306 e. The Hall–Kier alpha value is -3.27. The van der Waals surface area contributed by atoms with Crippen LogP contribution in [-0.4, -0.2) is 82.3 Å². The zero-order chi connectivity index (χ0) is 60.5. The topological polar surface area (TPSA) is 111 Å². The van der Waals surface area contributed by atoms with Gasteiger partial charge in [-0.2, -0.15) is 0 Å². The smallest absolute Gasteiger partial charge is 0.306 e. The van der Waals surface area contributed by atoms with Gasteiger partial charge in [0.2, 0.25) is 0 Å². The number of ether oxygens (including phenoxy) is 4. The molecule has 2 atom stereocenters. The highest BCUT2D eigenvalue weighted by atomic mass is 16.7. The summed E-state index contributed by atoms with van der Waals surface area (Å²) in [4.78, 5) is 37.4. The molecule has 0 fully saturated rings. The lowest BCUT2D eigenvalue weighted by Crippen LogP contribution is -2.44. The van der Waals surface area contributed by atoms with E-state index < -0.39 is 24.3 Å². The second kappa shape index (κ2) is 64.7. The number of carbonyl (C=O) groups excluding carboxylic acids is 3. The summed E-state index contributed by atoms with van der Waals surface area (Å²) in [5, 5.41) is 11.8. The van der Waals surface area contributed by atoms with E-state index in [-0.39, 0.29) is 38.6 Å². The maximum absolute atomic E-state index is 12.9. The van der Waals surface area contributed by atoms with Gasteiger partial charge in [-0.1, -0.05) is 292 Å². The molecule has 0 aliphatic carbocycles. The molecule has 0 heterocycles. The van der Waals surface area contributed by atoms with Gasteiger partial charge in [-0.25, -0.2) is 0 Å². The van der Waals surface area contributed by atoms with E-state index in [2.05, 4.69) is 86.8 Å². The van der Waals surface area contributed by atoms with Crippen LogP contribution in [0, 0.1) is 0 Å². The third-order valence-electron chi connectivity index (χ3n) is 15.4. The van der Waals surface area contributed by atoms with Crippen LogP contribution in [0.3, 0.4) is 0 Å². The Balaban J connectivity index is 4.01. The summed E-state index contributed by atoms with van der Waals surface area (Å²) >= 11 is 0. The summed E-state index contributed by atoms with van der Waals surface area (Å²) in [6.07, 6.45) is 82.8. The molecule has 0 spiro atoms. The molecule has 0 aliphatic heterocycles. The quantitative estimate of drug-likeness (QED) is 0.0195. The van der Waals surface area contributed by atoms with Crippen LogP contribution in [-0.2, 0) is 33.3 Å². The minimum absolute atomic E-state index is 0.145. The number of quaternary nitrogens is 1. The number of carbonyl (C=O) groups is 3. The normalized spacial score (nSPS) is 13.1. The van der Waals surface area contributed by atoms with Crippen LogP contribution in [0.15, 0.2) is 72.9 Å². The molecule has 2 unspecified atom stereocenters. The number of hydrogen-bond acceptors (Lipinski definition) is 8. The largest absolute Gasteiger partial charge is 0.545 e. The van der Waals surface area contributed by atoms with Crippen LogP contribution >= 0.6 is 0 Å². The van der Waals surface area contributed by atoms with Gasteiger partial charge in [0.1, 0.15) is 13.2 Å². The van der Waals surface area contributed by atoms with Crippen LogP contribution in [0.1, 0.15) is 322 Å². The van der Waals surface area contributed by atoms with Crippen molar-refractivity contribution in [1.82, 2.24) is 0 Å². The third-order valence-corrected chi connectivity index (χ3v) is 15.4. The lowest BCUT2D eigenvalue weighted by molar-refractivity contribution is -0.870. The highest BCUT2D eigenvalue weighted by molar-refractivity contribution is 5.70. The molecule has 83 heavy (non-hydrogen) atoms. The van der Waals surface area contributed by atoms with Crippen molar-refractivity contribution in [3.63, 3.8) is 0 Å². The number of rotatable bonds is 65. The zero-order valence-corrected chi connectivity index (χ0v) is 55.1. The van der Waals surface area contributed by atoms with E-state index in [9.17, 15) is 19.5 Å². The summed E-state index contributed by atoms with van der Waals surface area (Å²) in [6, 6.07) is 0. The van der Waals surface area contributed by atoms with Crippen LogP contribution in [0.2, 0.25) is 0 Å². The number of unbranched alkanes of at least 4 members (excludes halogenated alkanes) is 38. The molecule has 482 valence electrons. The van der Waals surface area contributed by atoms with Gasteiger partial charge in [-0.05, 0) is 89.9 Å². The number of likely N-dealkylation sites (N-methyl/N-ethyl adjacent to an activating group) is 1. The number of carboxylic acid groups (broad SMARTS) is 1. The molecule has 0 amide bonds. The van der Waals surface area contributed by atoms with Crippen LogP contribution < -0.4 is 5.11 Å². The van der Waals surface area contributed by atoms with Gasteiger partial charge in [-0.15, -0.1) is 0 Å². The maximum atomic E-state index is 12.9. The number of esters is 2. The lowest BCUT2D eigenvalue weighted by atomic mass is 10.0. The minimum Gasteiger partial charge on any atom is -0.545 e. The third kappa shape index (κ3) is 66.1. The number of aliphatic carboxylic acids is 1. The van der Waals surface area contributed by atoms with E-state index in [1.807, 2.05) is 21.1 Å². The first-order chi connectivity index (χ1) is 40.6. The predicted octanol–water partition coefficient (Wildman–Crippen LogP) is 20.4. The van der Waals surface area contributed by atoms with Gasteiger partial charge in [-0.3, -0.25) is 9.59 Å². The number of carboxylic acids is 1. The molecule has 9 heteroatoms. The number of hydrogen-bond donors (Lipinski definition) is 0. The monoisotopic (exact) mass is 1160 g/mol. The van der Waals surface area contributed by atoms with E-state index in [1.54, 1.807) is 0 Å². The highest BCUT2D eigenvalue weighted by Crippen LogP contribution is 2.18. The Morgan fingerprint density at radius 1 is 0.361 bits per heavy atom. The standard InChI is InChI=1S/C74H133NO8/c1-6-8-10-12-14-16-18-20-22-24-26-27-28-29-30-31-32-33-34-35-36-37-38-39-40-41-42-43-44-45-47-49-51-53-55-57-59-61-63-65-72(77)83-70(69-82-74(73(78)79)80-67-66-75(3,4)5)68-81-71(76)64-62-60-58-56-54-52-50-48-46-25-23-21-19-17-15-13-11-9-7-2/h15,17-18,20-21,23-24,26,28-29,46,48,70,74H,6-14,16,19,22,25,27,30-45,47,49-69H2,1-5H3/b17-15-,20-18-,23-21-,26-24-,29-28-,48-46-.